The minimum absolute atomic E-state index is 0.147. The molecule has 1 N–H and O–H groups in total. The molecule has 2 heterocycles. The van der Waals surface area contributed by atoms with Crippen molar-refractivity contribution in [2.45, 2.75) is 6.92 Å². The third kappa shape index (κ3) is 4.77. The predicted octanol–water partition coefficient (Wildman–Crippen LogP) is 1.54. The van der Waals surface area contributed by atoms with E-state index in [1.54, 1.807) is 30.3 Å². The molecule has 1 aromatic carbocycles. The molecule has 0 saturated carbocycles. The Hall–Kier alpha value is -3.19. The van der Waals surface area contributed by atoms with Crippen LogP contribution in [-0.2, 0) is 9.53 Å². The highest BCUT2D eigenvalue weighted by atomic mass is 32.1. The quantitative estimate of drug-likeness (QED) is 0.546. The van der Waals surface area contributed by atoms with Crippen molar-refractivity contribution in [1.82, 2.24) is 9.88 Å². The third-order valence-electron chi connectivity index (χ3n) is 4.46. The maximum atomic E-state index is 13.4. The maximum absolute atomic E-state index is 13.4. The van der Waals surface area contributed by atoms with E-state index in [9.17, 15) is 14.9 Å². The molecule has 0 aliphatic carbocycles. The van der Waals surface area contributed by atoms with Gasteiger partial charge in [0, 0.05) is 18.5 Å². The Labute approximate surface area is 187 Å². The summed E-state index contributed by atoms with van der Waals surface area (Å²) in [5.41, 5.74) is 1.03. The van der Waals surface area contributed by atoms with Crippen molar-refractivity contribution in [2.75, 3.05) is 27.4 Å². The van der Waals surface area contributed by atoms with Gasteiger partial charge < -0.3 is 14.8 Å². The van der Waals surface area contributed by atoms with E-state index in [0.717, 1.165) is 21.8 Å². The molecular weight excluding hydrogens is 434 g/mol. The number of thiazole rings is 1. The molecule has 31 heavy (non-hydrogen) atoms. The molecule has 0 unspecified atom stereocenters. The molecule has 0 fully saturated rings. The number of aryl methyl sites for hydroxylation is 1. The van der Waals surface area contributed by atoms with Gasteiger partial charge in [-0.15, -0.1) is 22.7 Å². The number of para-hydroxylation sites is 2. The van der Waals surface area contributed by atoms with E-state index in [4.69, 9.17) is 9.47 Å². The summed E-state index contributed by atoms with van der Waals surface area (Å²) < 4.78 is 12.4. The molecule has 0 spiro atoms. The van der Waals surface area contributed by atoms with E-state index in [-0.39, 0.29) is 22.3 Å². The van der Waals surface area contributed by atoms with Crippen molar-refractivity contribution in [3.8, 4) is 17.5 Å². The second-order valence-electron chi connectivity index (χ2n) is 6.43. The first kappa shape index (κ1) is 22.5. The molecule has 7 nitrogen and oxygen atoms in total. The molecule has 0 aliphatic heterocycles. The van der Waals surface area contributed by atoms with Crippen LogP contribution in [0.3, 0.4) is 0 Å². The van der Waals surface area contributed by atoms with Crippen LogP contribution in [0.2, 0.25) is 0 Å². The first-order chi connectivity index (χ1) is 15.0. The monoisotopic (exact) mass is 455 g/mol. The molecule has 160 valence electrons. The van der Waals surface area contributed by atoms with Crippen LogP contribution < -0.4 is 24.8 Å². The van der Waals surface area contributed by atoms with E-state index >= 15 is 0 Å². The largest absolute Gasteiger partial charge is 0.495 e. The van der Waals surface area contributed by atoms with Crippen LogP contribution in [0.25, 0.3) is 17.3 Å². The van der Waals surface area contributed by atoms with Gasteiger partial charge in [-0.1, -0.05) is 12.1 Å². The highest BCUT2D eigenvalue weighted by molar-refractivity contribution is 7.11. The van der Waals surface area contributed by atoms with Gasteiger partial charge in [-0.25, -0.2) is 0 Å². The number of hydrogen-bond donors (Lipinski definition) is 1. The highest BCUT2D eigenvalue weighted by Gasteiger charge is 2.18. The van der Waals surface area contributed by atoms with Crippen LogP contribution in [0.5, 0.6) is 5.75 Å². The minimum atomic E-state index is -0.566. The number of aromatic nitrogens is 1. The van der Waals surface area contributed by atoms with Gasteiger partial charge in [-0.05, 0) is 42.1 Å². The van der Waals surface area contributed by atoms with Crippen molar-refractivity contribution in [1.29, 1.82) is 5.26 Å². The minimum Gasteiger partial charge on any atom is -0.495 e. The number of rotatable bonds is 7. The second-order valence-corrected chi connectivity index (χ2v) is 8.41. The summed E-state index contributed by atoms with van der Waals surface area (Å²) in [6.07, 6.45) is 1.79. The maximum Gasteiger partial charge on any atom is 0.273 e. The fourth-order valence-corrected chi connectivity index (χ4v) is 4.90. The molecule has 0 bridgehead atoms. The number of amides is 1. The van der Waals surface area contributed by atoms with Crippen molar-refractivity contribution < 1.29 is 14.3 Å². The smallest absolute Gasteiger partial charge is 0.273 e. The predicted molar refractivity (Wildman–Crippen MR) is 122 cm³/mol. The molecule has 9 heteroatoms. The van der Waals surface area contributed by atoms with Crippen LogP contribution in [0.15, 0.2) is 40.5 Å². The summed E-state index contributed by atoms with van der Waals surface area (Å²) in [4.78, 5) is 27.1. The number of methoxy groups -OCH3 is 2. The van der Waals surface area contributed by atoms with Crippen molar-refractivity contribution in [3.63, 3.8) is 0 Å². The van der Waals surface area contributed by atoms with Gasteiger partial charge in [0.15, 0.2) is 5.57 Å². The Morgan fingerprint density at radius 3 is 2.71 bits per heavy atom. The zero-order chi connectivity index (χ0) is 22.4. The van der Waals surface area contributed by atoms with Crippen LogP contribution in [-0.4, -0.2) is 37.8 Å². The Morgan fingerprint density at radius 1 is 1.29 bits per heavy atom. The lowest BCUT2D eigenvalue weighted by atomic mass is 10.2. The Bertz CT molecular complexity index is 1310. The van der Waals surface area contributed by atoms with E-state index in [1.165, 1.54) is 30.1 Å². The standard InChI is InChI=1S/C22H21N3O4S2/c1-14-8-11-30-18(14)12-19-21(27)25(16-6-4-5-7-17(16)29-3)22(31-19)15(13-23)20(26)24-9-10-28-2/h4-8,11-12H,9-10H2,1-3H3,(H,24,26)/b19-12-,22-15-. The number of thiophene rings is 1. The molecular formula is C22H21N3O4S2. The lowest BCUT2D eigenvalue weighted by Crippen LogP contribution is -2.35. The second kappa shape index (κ2) is 10.2. The molecule has 1 amide bonds. The van der Waals surface area contributed by atoms with Crippen LogP contribution in [0, 0.1) is 18.3 Å². The van der Waals surface area contributed by atoms with Gasteiger partial charge in [0.2, 0.25) is 0 Å². The highest BCUT2D eigenvalue weighted by Crippen LogP contribution is 2.20. The number of benzene rings is 1. The third-order valence-corrected chi connectivity index (χ3v) is 6.52. The molecule has 2 aromatic heterocycles. The SMILES string of the molecule is COCCNC(=O)/C(C#N)=c1\s/c(=C\c2sccc2C)c(=O)n1-c1ccccc1OC. The van der Waals surface area contributed by atoms with Crippen molar-refractivity contribution in [2.24, 2.45) is 0 Å². The summed E-state index contributed by atoms with van der Waals surface area (Å²) in [7, 11) is 3.03. The first-order valence-corrected chi connectivity index (χ1v) is 11.0. The number of nitrogens with one attached hydrogen (secondary N) is 1. The molecule has 3 aromatic rings. The van der Waals surface area contributed by atoms with Crippen LogP contribution in [0.4, 0.5) is 0 Å². The fraction of sp³-hybridized carbons (Fsp3) is 0.227. The lowest BCUT2D eigenvalue weighted by molar-refractivity contribution is -0.115. The summed E-state index contributed by atoms with van der Waals surface area (Å²) in [5, 5.41) is 14.4. The fourth-order valence-electron chi connectivity index (χ4n) is 2.89. The Balaban J connectivity index is 2.34. The normalized spacial score (nSPS) is 12.4. The number of nitriles is 1. The van der Waals surface area contributed by atoms with E-state index in [0.29, 0.717) is 22.6 Å². The van der Waals surface area contributed by atoms with Gasteiger partial charge in [0.1, 0.15) is 16.5 Å². The van der Waals surface area contributed by atoms with Crippen LogP contribution >= 0.6 is 22.7 Å². The first-order valence-electron chi connectivity index (χ1n) is 9.34. The molecule has 0 aliphatic rings. The zero-order valence-electron chi connectivity index (χ0n) is 17.3. The number of carbonyl (C=O) groups is 1. The van der Waals surface area contributed by atoms with Crippen molar-refractivity contribution in [3.05, 3.63) is 65.7 Å². The van der Waals surface area contributed by atoms with Gasteiger partial charge in [0.05, 0.1) is 23.9 Å². The summed E-state index contributed by atoms with van der Waals surface area (Å²) in [6, 6.07) is 10.9. The van der Waals surface area contributed by atoms with Gasteiger partial charge in [-0.2, -0.15) is 5.26 Å². The molecule has 3 rings (SSSR count). The average Bonchev–Trinajstić information content (AvgIpc) is 3.32. The van der Waals surface area contributed by atoms with E-state index < -0.39 is 5.91 Å². The van der Waals surface area contributed by atoms with E-state index in [2.05, 4.69) is 5.32 Å². The van der Waals surface area contributed by atoms with Gasteiger partial charge in [-0.3, -0.25) is 14.2 Å². The number of hydrogen-bond acceptors (Lipinski definition) is 7. The molecule has 0 saturated heterocycles. The number of carbonyl (C=O) groups excluding carboxylic acids is 1. The number of ether oxygens (including phenoxy) is 2. The van der Waals surface area contributed by atoms with Crippen LogP contribution in [0.1, 0.15) is 10.4 Å². The zero-order valence-corrected chi connectivity index (χ0v) is 18.9. The lowest BCUT2D eigenvalue weighted by Gasteiger charge is -2.09. The van der Waals surface area contributed by atoms with Gasteiger partial charge >= 0.3 is 0 Å². The topological polar surface area (TPSA) is 93.4 Å². The average molecular weight is 456 g/mol. The molecule has 0 radical (unpaired) electrons. The summed E-state index contributed by atoms with van der Waals surface area (Å²) in [6.45, 7) is 2.52. The van der Waals surface area contributed by atoms with E-state index in [1.807, 2.05) is 24.4 Å². The van der Waals surface area contributed by atoms with Crippen molar-refractivity contribution >= 4 is 40.2 Å². The summed E-state index contributed by atoms with van der Waals surface area (Å²) >= 11 is 2.62. The Morgan fingerprint density at radius 2 is 2.06 bits per heavy atom. The van der Waals surface area contributed by atoms with Gasteiger partial charge in [0.25, 0.3) is 11.5 Å². The summed E-state index contributed by atoms with van der Waals surface area (Å²) in [5.74, 6) is -0.108. The Kier molecular flexibility index (Phi) is 7.41. The number of nitrogens with zero attached hydrogens (tertiary/aromatic N) is 2. The molecule has 0 atom stereocenters.